The van der Waals surface area contributed by atoms with Crippen LogP contribution in [-0.2, 0) is 20.8 Å². The molecule has 1 aromatic carbocycles. The van der Waals surface area contributed by atoms with Gasteiger partial charge in [0.15, 0.2) is 6.29 Å². The lowest BCUT2D eigenvalue weighted by atomic mass is 10.00. The second kappa shape index (κ2) is 8.67. The Morgan fingerprint density at radius 3 is 2.63 bits per heavy atom. The highest BCUT2D eigenvalue weighted by molar-refractivity contribution is 9.10. The summed E-state index contributed by atoms with van der Waals surface area (Å²) in [6, 6.07) is 6.02. The molecule has 1 aliphatic rings. The third-order valence-electron chi connectivity index (χ3n) is 3.98. The molecule has 0 aliphatic carbocycles. The van der Waals surface area contributed by atoms with E-state index in [2.05, 4.69) is 20.7 Å². The molecule has 1 N–H and O–H groups in total. The van der Waals surface area contributed by atoms with Gasteiger partial charge in [0.05, 0.1) is 26.9 Å². The molecule has 0 radical (unpaired) electrons. The van der Waals surface area contributed by atoms with Gasteiger partial charge in [-0.2, -0.15) is 0 Å². The highest BCUT2D eigenvalue weighted by Crippen LogP contribution is 2.42. The van der Waals surface area contributed by atoms with Crippen molar-refractivity contribution in [2.24, 2.45) is 0 Å². The molecule has 2 heterocycles. The summed E-state index contributed by atoms with van der Waals surface area (Å²) in [6.45, 7) is 6.61. The normalized spacial score (nSPS) is 18.0. The first-order valence-corrected chi connectivity index (χ1v) is 11.5. The molecule has 0 unspecified atom stereocenters. The van der Waals surface area contributed by atoms with E-state index in [-0.39, 0.29) is 0 Å². The third kappa shape index (κ3) is 4.87. The van der Waals surface area contributed by atoms with Gasteiger partial charge in [0.1, 0.15) is 16.6 Å². The molecule has 1 aliphatic heterocycles. The number of thiophene rings is 1. The molecule has 0 saturated carbocycles. The second-order valence-electron chi connectivity index (χ2n) is 7.02. The predicted molar refractivity (Wildman–Crippen MR) is 111 cm³/mol. The van der Waals surface area contributed by atoms with E-state index in [0.29, 0.717) is 27.6 Å². The van der Waals surface area contributed by atoms with Crippen LogP contribution in [0, 0.1) is 5.82 Å². The minimum atomic E-state index is -1.40. The van der Waals surface area contributed by atoms with Crippen LogP contribution >= 0.6 is 38.9 Å². The Kier molecular flexibility index (Phi) is 6.91. The minimum Gasteiger partial charge on any atom is -0.598 e. The molecule has 0 amide bonds. The van der Waals surface area contributed by atoms with Crippen LogP contribution in [0.5, 0.6) is 0 Å². The van der Waals surface area contributed by atoms with Crippen LogP contribution in [-0.4, -0.2) is 22.5 Å². The van der Waals surface area contributed by atoms with Crippen molar-refractivity contribution in [1.29, 1.82) is 0 Å². The van der Waals surface area contributed by atoms with E-state index < -0.39 is 34.3 Å². The summed E-state index contributed by atoms with van der Waals surface area (Å²) in [5.74, 6) is -0.392. The van der Waals surface area contributed by atoms with Crippen molar-refractivity contribution >= 4 is 50.2 Å². The molecule has 148 valence electrons. The standard InChI is InChI=1S/C18H20BrClFNO3S2/c1-18(2,3)27(23)22-15(10-5-4-6-12(21)14(10)19)11-9-13(20)26-16(11)17-24-7-8-25-17/h4-6,9,15,17,22H,7-8H2,1-3H3/t15-,27+/m0/s1. The van der Waals surface area contributed by atoms with E-state index in [9.17, 15) is 8.94 Å². The molecule has 0 spiro atoms. The van der Waals surface area contributed by atoms with Gasteiger partial charge in [-0.25, -0.2) is 4.39 Å². The van der Waals surface area contributed by atoms with Crippen molar-refractivity contribution in [3.8, 4) is 0 Å². The highest BCUT2D eigenvalue weighted by Gasteiger charge is 2.35. The largest absolute Gasteiger partial charge is 0.598 e. The molecule has 4 nitrogen and oxygen atoms in total. The van der Waals surface area contributed by atoms with Crippen LogP contribution in [0.2, 0.25) is 4.34 Å². The topological polar surface area (TPSA) is 53.5 Å². The smallest absolute Gasteiger partial charge is 0.193 e. The average Bonchev–Trinajstić information content (AvgIpc) is 3.23. The van der Waals surface area contributed by atoms with Crippen LogP contribution < -0.4 is 4.72 Å². The van der Waals surface area contributed by atoms with Gasteiger partial charge in [-0.15, -0.1) is 16.1 Å². The molecule has 2 atom stereocenters. The van der Waals surface area contributed by atoms with E-state index in [1.807, 2.05) is 20.8 Å². The Balaban J connectivity index is 2.09. The van der Waals surface area contributed by atoms with Crippen molar-refractivity contribution in [2.75, 3.05) is 13.2 Å². The molecular weight excluding hydrogens is 477 g/mol. The van der Waals surface area contributed by atoms with Crippen LogP contribution in [0.1, 0.15) is 49.1 Å². The van der Waals surface area contributed by atoms with Gasteiger partial charge in [0.25, 0.3) is 0 Å². The van der Waals surface area contributed by atoms with Gasteiger partial charge in [-0.1, -0.05) is 23.7 Å². The number of nitrogens with one attached hydrogen (secondary N) is 1. The highest BCUT2D eigenvalue weighted by atomic mass is 79.9. The predicted octanol–water partition coefficient (Wildman–Crippen LogP) is 5.49. The van der Waals surface area contributed by atoms with Crippen LogP contribution in [0.25, 0.3) is 0 Å². The Labute approximate surface area is 178 Å². The number of ether oxygens (including phenoxy) is 2. The summed E-state index contributed by atoms with van der Waals surface area (Å²) in [7, 11) is 0. The van der Waals surface area contributed by atoms with Gasteiger partial charge >= 0.3 is 0 Å². The summed E-state index contributed by atoms with van der Waals surface area (Å²) in [4.78, 5) is 0.789. The number of benzene rings is 1. The van der Waals surface area contributed by atoms with Crippen LogP contribution in [0.15, 0.2) is 28.7 Å². The molecule has 2 aromatic rings. The molecule has 1 saturated heterocycles. The third-order valence-corrected chi connectivity index (χ3v) is 7.68. The fourth-order valence-corrected chi connectivity index (χ4v) is 5.23. The lowest BCUT2D eigenvalue weighted by Crippen LogP contribution is -2.41. The first kappa shape index (κ1) is 21.5. The first-order chi connectivity index (χ1) is 12.7. The lowest BCUT2D eigenvalue weighted by Gasteiger charge is -2.29. The fraction of sp³-hybridized carbons (Fsp3) is 0.444. The van der Waals surface area contributed by atoms with Crippen molar-refractivity contribution in [3.63, 3.8) is 0 Å². The number of rotatable bonds is 5. The molecule has 9 heteroatoms. The van der Waals surface area contributed by atoms with E-state index in [0.717, 1.165) is 10.4 Å². The molecule has 27 heavy (non-hydrogen) atoms. The second-order valence-corrected chi connectivity index (χ2v) is 11.5. The zero-order chi connectivity index (χ0) is 19.8. The summed E-state index contributed by atoms with van der Waals surface area (Å²) in [6.07, 6.45) is -0.530. The average molecular weight is 497 g/mol. The Morgan fingerprint density at radius 1 is 1.33 bits per heavy atom. The van der Waals surface area contributed by atoms with Gasteiger partial charge < -0.3 is 14.0 Å². The Bertz CT molecular complexity index is 808. The van der Waals surface area contributed by atoms with Crippen LogP contribution in [0.4, 0.5) is 4.39 Å². The molecule has 0 bridgehead atoms. The zero-order valence-corrected chi connectivity index (χ0v) is 19.0. The van der Waals surface area contributed by atoms with Crippen LogP contribution in [0.3, 0.4) is 0 Å². The fourth-order valence-electron chi connectivity index (χ4n) is 2.63. The zero-order valence-electron chi connectivity index (χ0n) is 15.1. The monoisotopic (exact) mass is 495 g/mol. The van der Waals surface area contributed by atoms with Gasteiger partial charge in [0.2, 0.25) is 0 Å². The number of hydrogen-bond donors (Lipinski definition) is 1. The van der Waals surface area contributed by atoms with Crippen molar-refractivity contribution in [1.82, 2.24) is 4.72 Å². The summed E-state index contributed by atoms with van der Waals surface area (Å²) in [5.41, 5.74) is 1.39. The van der Waals surface area contributed by atoms with Gasteiger partial charge in [0, 0.05) is 11.4 Å². The van der Waals surface area contributed by atoms with Crippen molar-refractivity contribution in [3.05, 3.63) is 54.9 Å². The number of halogens is 3. The van der Waals surface area contributed by atoms with Gasteiger partial charge in [-0.3, -0.25) is 0 Å². The number of hydrogen-bond acceptors (Lipinski definition) is 5. The first-order valence-electron chi connectivity index (χ1n) is 8.32. The Morgan fingerprint density at radius 2 is 2.00 bits per heavy atom. The maximum Gasteiger partial charge on any atom is 0.193 e. The molecule has 1 fully saturated rings. The molecular formula is C18H20BrClFNO3S2. The minimum absolute atomic E-state index is 0.315. The Hall–Kier alpha value is -0.190. The summed E-state index contributed by atoms with van der Waals surface area (Å²) < 4.78 is 41.9. The summed E-state index contributed by atoms with van der Waals surface area (Å²) in [5, 5.41) is 0. The SMILES string of the molecule is CC(C)(C)[S@@+]([O-])N[C@H](c1cc(Cl)sc1C1OCCO1)c1cccc(F)c1Br. The van der Waals surface area contributed by atoms with Crippen molar-refractivity contribution in [2.45, 2.75) is 37.9 Å². The quantitative estimate of drug-likeness (QED) is 0.556. The maximum atomic E-state index is 14.2. The lowest BCUT2D eigenvalue weighted by molar-refractivity contribution is -0.0420. The summed E-state index contributed by atoms with van der Waals surface area (Å²) >= 11 is 9.57. The van der Waals surface area contributed by atoms with E-state index in [4.69, 9.17) is 21.1 Å². The molecule has 1 aromatic heterocycles. The van der Waals surface area contributed by atoms with E-state index >= 15 is 0 Å². The molecule has 3 rings (SSSR count). The maximum absolute atomic E-state index is 14.2. The van der Waals surface area contributed by atoms with Gasteiger partial charge in [-0.05, 0) is 60.0 Å². The van der Waals surface area contributed by atoms with E-state index in [1.165, 1.54) is 17.4 Å². The van der Waals surface area contributed by atoms with E-state index in [1.54, 1.807) is 18.2 Å². The van der Waals surface area contributed by atoms with Crippen molar-refractivity contribution < 1.29 is 18.4 Å².